The van der Waals surface area contributed by atoms with E-state index in [9.17, 15) is 0 Å². The van der Waals surface area contributed by atoms with Gasteiger partial charge in [0.05, 0.1) is 33.4 Å². The van der Waals surface area contributed by atoms with Gasteiger partial charge in [-0.25, -0.2) is 15.0 Å². The van der Waals surface area contributed by atoms with Crippen LogP contribution in [0.25, 0.3) is 122 Å². The van der Waals surface area contributed by atoms with Crippen molar-refractivity contribution in [1.29, 1.82) is 0 Å². The fraction of sp³-hybridized carbons (Fsp3) is 0. The van der Waals surface area contributed by atoms with E-state index in [1.807, 2.05) is 24.3 Å². The standard InChI is InChI=1S/C59H37N3O/c1-3-13-38(14-4-1)40-25-31-44(32-26-40)52-37-53(45-33-27-41(28-34-45)39-15-5-2-6-16-39)62-59(61-52)46-35-29-43(30-36-46)48-21-12-23-51-55(48)58-56(50-20-9-10-24-54(50)63-58)57(60-51)49-22-11-18-42-17-7-8-19-47(42)49/h1-37H. The summed E-state index contributed by atoms with van der Waals surface area (Å²) >= 11 is 0. The van der Waals surface area contributed by atoms with Crippen molar-refractivity contribution in [3.05, 3.63) is 224 Å². The fourth-order valence-corrected chi connectivity index (χ4v) is 8.97. The Morgan fingerprint density at radius 2 is 0.810 bits per heavy atom. The van der Waals surface area contributed by atoms with E-state index >= 15 is 0 Å². The highest BCUT2D eigenvalue weighted by molar-refractivity contribution is 6.23. The van der Waals surface area contributed by atoms with Crippen molar-refractivity contribution in [3.63, 3.8) is 0 Å². The molecule has 0 aliphatic heterocycles. The second kappa shape index (κ2) is 15.2. The average molecular weight is 804 g/mol. The number of nitrogens with zero attached hydrogens (tertiary/aromatic N) is 3. The van der Waals surface area contributed by atoms with Crippen molar-refractivity contribution >= 4 is 43.6 Å². The monoisotopic (exact) mass is 803 g/mol. The lowest BCUT2D eigenvalue weighted by Gasteiger charge is -2.13. The van der Waals surface area contributed by atoms with E-state index in [1.54, 1.807) is 0 Å². The molecule has 294 valence electrons. The number of benzene rings is 9. The van der Waals surface area contributed by atoms with Crippen LogP contribution >= 0.6 is 0 Å². The second-order valence-corrected chi connectivity index (χ2v) is 15.9. The van der Waals surface area contributed by atoms with Crippen LogP contribution in [-0.2, 0) is 0 Å². The Balaban J connectivity index is 0.976. The van der Waals surface area contributed by atoms with Crippen LogP contribution in [-0.4, -0.2) is 15.0 Å². The van der Waals surface area contributed by atoms with Crippen LogP contribution in [0.2, 0.25) is 0 Å². The van der Waals surface area contributed by atoms with Crippen molar-refractivity contribution in [2.45, 2.75) is 0 Å². The van der Waals surface area contributed by atoms with Crippen LogP contribution < -0.4 is 0 Å². The molecule has 0 saturated carbocycles. The van der Waals surface area contributed by atoms with E-state index in [4.69, 9.17) is 19.4 Å². The lowest BCUT2D eigenvalue weighted by molar-refractivity contribution is 0.672. The van der Waals surface area contributed by atoms with Crippen molar-refractivity contribution in [2.75, 3.05) is 0 Å². The van der Waals surface area contributed by atoms with Gasteiger partial charge in [0.1, 0.15) is 11.2 Å². The third kappa shape index (κ3) is 6.53. The third-order valence-electron chi connectivity index (χ3n) is 12.1. The largest absolute Gasteiger partial charge is 0.455 e. The molecular weight excluding hydrogens is 767 g/mol. The maximum Gasteiger partial charge on any atom is 0.160 e. The van der Waals surface area contributed by atoms with E-state index in [-0.39, 0.29) is 0 Å². The van der Waals surface area contributed by atoms with Gasteiger partial charge in [0, 0.05) is 27.6 Å². The Morgan fingerprint density at radius 1 is 0.317 bits per heavy atom. The van der Waals surface area contributed by atoms with Crippen LogP contribution in [0.1, 0.15) is 0 Å². The molecule has 0 unspecified atom stereocenters. The molecule has 3 heterocycles. The van der Waals surface area contributed by atoms with Crippen LogP contribution in [0.3, 0.4) is 0 Å². The minimum Gasteiger partial charge on any atom is -0.455 e. The van der Waals surface area contributed by atoms with Crippen molar-refractivity contribution in [1.82, 2.24) is 15.0 Å². The molecular formula is C59H37N3O. The summed E-state index contributed by atoms with van der Waals surface area (Å²) in [6.07, 6.45) is 0. The molecule has 0 aliphatic rings. The molecule has 0 N–H and O–H groups in total. The number of furan rings is 1. The van der Waals surface area contributed by atoms with Gasteiger partial charge < -0.3 is 4.42 Å². The number of hydrogen-bond acceptors (Lipinski definition) is 4. The van der Waals surface area contributed by atoms with Gasteiger partial charge in [-0.15, -0.1) is 0 Å². The Labute approximate surface area is 364 Å². The van der Waals surface area contributed by atoms with Crippen LogP contribution in [0.15, 0.2) is 229 Å². The zero-order valence-electron chi connectivity index (χ0n) is 34.1. The first kappa shape index (κ1) is 36.4. The summed E-state index contributed by atoms with van der Waals surface area (Å²) in [5.41, 5.74) is 16.0. The zero-order valence-corrected chi connectivity index (χ0v) is 34.1. The Kier molecular flexibility index (Phi) is 8.79. The van der Waals surface area contributed by atoms with Gasteiger partial charge in [0.25, 0.3) is 0 Å². The lowest BCUT2D eigenvalue weighted by Crippen LogP contribution is -1.96. The van der Waals surface area contributed by atoms with E-state index < -0.39 is 0 Å². The van der Waals surface area contributed by atoms with Crippen LogP contribution in [0.4, 0.5) is 0 Å². The normalized spacial score (nSPS) is 11.5. The third-order valence-corrected chi connectivity index (χ3v) is 12.1. The van der Waals surface area contributed by atoms with Gasteiger partial charge in [-0.05, 0) is 62.4 Å². The molecule has 4 heteroatoms. The van der Waals surface area contributed by atoms with E-state index in [0.29, 0.717) is 5.82 Å². The fourth-order valence-electron chi connectivity index (χ4n) is 8.97. The van der Waals surface area contributed by atoms with E-state index in [0.717, 1.165) is 99.8 Å². The molecule has 9 aromatic carbocycles. The van der Waals surface area contributed by atoms with Gasteiger partial charge in [-0.2, -0.15) is 0 Å². The highest BCUT2D eigenvalue weighted by Crippen LogP contribution is 2.44. The van der Waals surface area contributed by atoms with Crippen molar-refractivity contribution in [2.24, 2.45) is 0 Å². The Hall–Kier alpha value is -8.47. The molecule has 0 radical (unpaired) electrons. The summed E-state index contributed by atoms with van der Waals surface area (Å²) in [6.45, 7) is 0. The summed E-state index contributed by atoms with van der Waals surface area (Å²) in [7, 11) is 0. The number of aromatic nitrogens is 3. The first-order chi connectivity index (χ1) is 31.2. The summed E-state index contributed by atoms with van der Waals surface area (Å²) in [6, 6.07) is 78.4. The summed E-state index contributed by atoms with van der Waals surface area (Å²) in [4.78, 5) is 15.9. The predicted octanol–water partition coefficient (Wildman–Crippen LogP) is 15.7. The molecule has 4 nitrogen and oxygen atoms in total. The molecule has 0 saturated heterocycles. The lowest BCUT2D eigenvalue weighted by atomic mass is 9.94. The summed E-state index contributed by atoms with van der Waals surface area (Å²) < 4.78 is 6.81. The summed E-state index contributed by atoms with van der Waals surface area (Å²) in [5.74, 6) is 0.660. The smallest absolute Gasteiger partial charge is 0.160 e. The van der Waals surface area contributed by atoms with Gasteiger partial charge in [0.2, 0.25) is 0 Å². The highest BCUT2D eigenvalue weighted by Gasteiger charge is 2.21. The summed E-state index contributed by atoms with van der Waals surface area (Å²) in [5, 5.41) is 5.39. The number of para-hydroxylation sites is 1. The van der Waals surface area contributed by atoms with Crippen molar-refractivity contribution in [3.8, 4) is 78.5 Å². The van der Waals surface area contributed by atoms with Crippen molar-refractivity contribution < 1.29 is 4.42 Å². The maximum atomic E-state index is 6.81. The molecule has 0 atom stereocenters. The molecule has 0 amide bonds. The first-order valence-electron chi connectivity index (χ1n) is 21.3. The van der Waals surface area contributed by atoms with Gasteiger partial charge in [-0.3, -0.25) is 0 Å². The predicted molar refractivity (Wildman–Crippen MR) is 260 cm³/mol. The molecule has 0 aliphatic carbocycles. The molecule has 12 rings (SSSR count). The maximum absolute atomic E-state index is 6.81. The zero-order chi connectivity index (χ0) is 41.7. The number of fused-ring (bicyclic) bond motifs is 6. The van der Waals surface area contributed by atoms with E-state index in [1.165, 1.54) is 16.5 Å². The second-order valence-electron chi connectivity index (χ2n) is 15.9. The molecule has 0 spiro atoms. The van der Waals surface area contributed by atoms with Crippen LogP contribution in [0, 0.1) is 0 Å². The molecule has 63 heavy (non-hydrogen) atoms. The first-order valence-corrected chi connectivity index (χ1v) is 21.3. The quantitative estimate of drug-likeness (QED) is 0.161. The highest BCUT2D eigenvalue weighted by atomic mass is 16.3. The van der Waals surface area contributed by atoms with Gasteiger partial charge >= 0.3 is 0 Å². The minimum absolute atomic E-state index is 0.660. The molecule has 3 aromatic heterocycles. The Bertz CT molecular complexity index is 3530. The number of hydrogen-bond donors (Lipinski definition) is 0. The number of rotatable bonds is 7. The Morgan fingerprint density at radius 3 is 1.48 bits per heavy atom. The molecule has 0 fully saturated rings. The van der Waals surface area contributed by atoms with Gasteiger partial charge in [0.15, 0.2) is 5.82 Å². The SMILES string of the molecule is c1ccc(-c2ccc(-c3cc(-c4ccc(-c5ccccc5)cc4)nc(-c4ccc(-c5cccc6nc(-c7cccc8ccccc78)c7c8ccccc8oc7c56)cc4)n3)cc2)cc1. The van der Waals surface area contributed by atoms with Gasteiger partial charge in [-0.1, -0.05) is 206 Å². The topological polar surface area (TPSA) is 51.8 Å². The average Bonchev–Trinajstić information content (AvgIpc) is 3.76. The number of pyridine rings is 1. The molecule has 12 aromatic rings. The van der Waals surface area contributed by atoms with Crippen LogP contribution in [0.5, 0.6) is 0 Å². The molecule has 0 bridgehead atoms. The van der Waals surface area contributed by atoms with E-state index in [2.05, 4.69) is 200 Å². The minimum atomic E-state index is 0.660.